The van der Waals surface area contributed by atoms with E-state index in [-0.39, 0.29) is 0 Å². The molecule has 2 unspecified atom stereocenters. The summed E-state index contributed by atoms with van der Waals surface area (Å²) in [7, 11) is 0. The second-order valence-corrected chi connectivity index (χ2v) is 4.90. The van der Waals surface area contributed by atoms with Crippen LogP contribution in [0.2, 0.25) is 0 Å². The van der Waals surface area contributed by atoms with E-state index in [0.29, 0.717) is 12.0 Å². The van der Waals surface area contributed by atoms with Gasteiger partial charge < -0.3 is 5.73 Å². The number of rotatable bonds is 4. The maximum atomic E-state index is 6.01. The van der Waals surface area contributed by atoms with Crippen LogP contribution in [-0.4, -0.2) is 20.8 Å². The van der Waals surface area contributed by atoms with E-state index in [1.807, 2.05) is 4.68 Å². The van der Waals surface area contributed by atoms with Gasteiger partial charge in [-0.1, -0.05) is 13.3 Å². The van der Waals surface area contributed by atoms with E-state index < -0.39 is 0 Å². The number of hydrogen-bond donors (Lipinski definition) is 1. The summed E-state index contributed by atoms with van der Waals surface area (Å²) in [6.45, 7) is 3.15. The van der Waals surface area contributed by atoms with Crippen molar-refractivity contribution in [3.05, 3.63) is 12.2 Å². The molecule has 1 saturated carbocycles. The summed E-state index contributed by atoms with van der Waals surface area (Å²) < 4.78 is 2.04. The quantitative estimate of drug-likeness (QED) is 0.844. The second kappa shape index (κ2) is 5.43. The van der Waals surface area contributed by atoms with Crippen molar-refractivity contribution in [2.75, 3.05) is 0 Å². The molecule has 16 heavy (non-hydrogen) atoms. The fourth-order valence-corrected chi connectivity index (χ4v) is 2.62. The molecule has 90 valence electrons. The van der Waals surface area contributed by atoms with Crippen molar-refractivity contribution in [2.45, 2.75) is 58.0 Å². The Morgan fingerprint density at radius 1 is 1.50 bits per heavy atom. The molecule has 2 rings (SSSR count). The van der Waals surface area contributed by atoms with Gasteiger partial charge in [0.25, 0.3) is 0 Å². The molecule has 0 aliphatic heterocycles. The molecule has 4 heteroatoms. The van der Waals surface area contributed by atoms with Crippen molar-refractivity contribution >= 4 is 0 Å². The topological polar surface area (TPSA) is 56.7 Å². The zero-order valence-corrected chi connectivity index (χ0v) is 10.1. The Kier molecular flexibility index (Phi) is 3.93. The van der Waals surface area contributed by atoms with Gasteiger partial charge in [0.2, 0.25) is 0 Å². The summed E-state index contributed by atoms with van der Waals surface area (Å²) in [4.78, 5) is 4.36. The zero-order valence-electron chi connectivity index (χ0n) is 10.1. The molecule has 1 aliphatic carbocycles. The predicted molar refractivity (Wildman–Crippen MR) is 64.0 cm³/mol. The number of nitrogens with zero attached hydrogens (tertiary/aromatic N) is 3. The Labute approximate surface area is 97.2 Å². The van der Waals surface area contributed by atoms with Gasteiger partial charge in [-0.05, 0) is 31.6 Å². The molecule has 0 saturated heterocycles. The highest BCUT2D eigenvalue weighted by molar-refractivity contribution is 4.89. The van der Waals surface area contributed by atoms with E-state index in [4.69, 9.17) is 5.73 Å². The van der Waals surface area contributed by atoms with Crippen LogP contribution in [0.3, 0.4) is 0 Å². The summed E-state index contributed by atoms with van der Waals surface area (Å²) >= 11 is 0. The van der Waals surface area contributed by atoms with Gasteiger partial charge >= 0.3 is 0 Å². The van der Waals surface area contributed by atoms with Crippen LogP contribution < -0.4 is 5.73 Å². The van der Waals surface area contributed by atoms with E-state index in [1.165, 1.54) is 19.3 Å². The lowest BCUT2D eigenvalue weighted by molar-refractivity contribution is 0.312. The third kappa shape index (κ3) is 2.82. The molecule has 4 nitrogen and oxygen atoms in total. The van der Waals surface area contributed by atoms with Gasteiger partial charge in [0.1, 0.15) is 12.2 Å². The van der Waals surface area contributed by atoms with Crippen molar-refractivity contribution in [1.29, 1.82) is 0 Å². The first kappa shape index (κ1) is 11.6. The fraction of sp³-hybridized carbons (Fsp3) is 0.833. The van der Waals surface area contributed by atoms with Crippen LogP contribution in [-0.2, 0) is 13.0 Å². The SMILES string of the molecule is CCCn1ncnc1CC1CCCC(N)C1. The van der Waals surface area contributed by atoms with Crippen molar-refractivity contribution in [3.63, 3.8) is 0 Å². The normalized spacial score (nSPS) is 25.9. The van der Waals surface area contributed by atoms with E-state index in [1.54, 1.807) is 6.33 Å². The lowest BCUT2D eigenvalue weighted by Crippen LogP contribution is -2.29. The largest absolute Gasteiger partial charge is 0.328 e. The molecule has 2 atom stereocenters. The van der Waals surface area contributed by atoms with Crippen LogP contribution in [0.25, 0.3) is 0 Å². The Morgan fingerprint density at radius 2 is 2.38 bits per heavy atom. The molecule has 0 bridgehead atoms. The third-order valence-corrected chi connectivity index (χ3v) is 3.43. The highest BCUT2D eigenvalue weighted by Gasteiger charge is 2.21. The minimum absolute atomic E-state index is 0.404. The molecule has 1 aliphatic rings. The summed E-state index contributed by atoms with van der Waals surface area (Å²) in [6.07, 6.45) is 8.75. The Balaban J connectivity index is 1.94. The number of hydrogen-bond acceptors (Lipinski definition) is 3. The molecule has 1 heterocycles. The van der Waals surface area contributed by atoms with Gasteiger partial charge in [-0.2, -0.15) is 5.10 Å². The summed E-state index contributed by atoms with van der Waals surface area (Å²) in [5.74, 6) is 1.85. The lowest BCUT2D eigenvalue weighted by atomic mass is 9.84. The van der Waals surface area contributed by atoms with Crippen molar-refractivity contribution in [3.8, 4) is 0 Å². The number of aromatic nitrogens is 3. The monoisotopic (exact) mass is 222 g/mol. The minimum Gasteiger partial charge on any atom is -0.328 e. The maximum absolute atomic E-state index is 6.01. The minimum atomic E-state index is 0.404. The summed E-state index contributed by atoms with van der Waals surface area (Å²) in [5.41, 5.74) is 6.01. The molecule has 1 aromatic heterocycles. The summed E-state index contributed by atoms with van der Waals surface area (Å²) in [5, 5.41) is 4.26. The molecule has 1 aromatic rings. The van der Waals surface area contributed by atoms with Gasteiger partial charge in [0, 0.05) is 19.0 Å². The fourth-order valence-electron chi connectivity index (χ4n) is 2.62. The summed E-state index contributed by atoms with van der Waals surface area (Å²) in [6, 6.07) is 0.404. The van der Waals surface area contributed by atoms with Crippen LogP contribution in [0.1, 0.15) is 44.9 Å². The predicted octanol–water partition coefficient (Wildman–Crippen LogP) is 1.75. The smallest absolute Gasteiger partial charge is 0.138 e. The van der Waals surface area contributed by atoms with Gasteiger partial charge in [0.15, 0.2) is 0 Å². The molecule has 0 aromatic carbocycles. The molecular formula is C12H22N4. The molecule has 0 amide bonds. The van der Waals surface area contributed by atoms with Gasteiger partial charge in [-0.25, -0.2) is 4.98 Å². The first-order valence-corrected chi connectivity index (χ1v) is 6.42. The molecule has 2 N–H and O–H groups in total. The molecule has 0 radical (unpaired) electrons. The van der Waals surface area contributed by atoms with Gasteiger partial charge in [-0.3, -0.25) is 4.68 Å². The van der Waals surface area contributed by atoms with Gasteiger partial charge in [-0.15, -0.1) is 0 Å². The Hall–Kier alpha value is -0.900. The van der Waals surface area contributed by atoms with Crippen LogP contribution in [0.15, 0.2) is 6.33 Å². The standard InChI is InChI=1S/C12H22N4/c1-2-6-16-12(14-9-15-16)8-10-4-3-5-11(13)7-10/h9-11H,2-8,13H2,1H3. The maximum Gasteiger partial charge on any atom is 0.138 e. The number of nitrogens with two attached hydrogens (primary N) is 1. The van der Waals surface area contributed by atoms with Crippen LogP contribution in [0.5, 0.6) is 0 Å². The zero-order chi connectivity index (χ0) is 11.4. The van der Waals surface area contributed by atoms with Crippen LogP contribution >= 0.6 is 0 Å². The molecule has 1 fully saturated rings. The van der Waals surface area contributed by atoms with Crippen molar-refractivity contribution < 1.29 is 0 Å². The first-order chi connectivity index (χ1) is 7.79. The lowest BCUT2D eigenvalue weighted by Gasteiger charge is -2.26. The Bertz CT molecular complexity index is 321. The van der Waals surface area contributed by atoms with Crippen LogP contribution in [0, 0.1) is 5.92 Å². The Morgan fingerprint density at radius 3 is 3.12 bits per heavy atom. The average Bonchev–Trinajstić information content (AvgIpc) is 2.66. The van der Waals surface area contributed by atoms with Gasteiger partial charge in [0.05, 0.1) is 0 Å². The third-order valence-electron chi connectivity index (χ3n) is 3.43. The van der Waals surface area contributed by atoms with E-state index in [2.05, 4.69) is 17.0 Å². The van der Waals surface area contributed by atoms with Crippen molar-refractivity contribution in [1.82, 2.24) is 14.8 Å². The van der Waals surface area contributed by atoms with Crippen LogP contribution in [0.4, 0.5) is 0 Å². The van der Waals surface area contributed by atoms with Crippen molar-refractivity contribution in [2.24, 2.45) is 11.7 Å². The highest BCUT2D eigenvalue weighted by atomic mass is 15.3. The highest BCUT2D eigenvalue weighted by Crippen LogP contribution is 2.25. The molecule has 0 spiro atoms. The number of aryl methyl sites for hydroxylation is 1. The first-order valence-electron chi connectivity index (χ1n) is 6.42. The van der Waals surface area contributed by atoms with E-state index >= 15 is 0 Å². The van der Waals surface area contributed by atoms with E-state index in [9.17, 15) is 0 Å². The average molecular weight is 222 g/mol. The van der Waals surface area contributed by atoms with E-state index in [0.717, 1.165) is 31.6 Å². The molecular weight excluding hydrogens is 200 g/mol. The second-order valence-electron chi connectivity index (χ2n) is 4.90.